The summed E-state index contributed by atoms with van der Waals surface area (Å²) in [5.74, 6) is -1.02. The van der Waals surface area contributed by atoms with E-state index in [-0.39, 0.29) is 21.7 Å². The molecule has 0 atom stereocenters. The molecule has 1 heterocycles. The highest BCUT2D eigenvalue weighted by Crippen LogP contribution is 2.33. The number of benzene rings is 1. The average molecular weight is 325 g/mol. The number of nitrogens with one attached hydrogen (secondary N) is 1. The van der Waals surface area contributed by atoms with Crippen molar-refractivity contribution >= 4 is 34.7 Å². The van der Waals surface area contributed by atoms with Crippen LogP contribution in [0.2, 0.25) is 10.2 Å². The Balaban J connectivity index is 2.39. The van der Waals surface area contributed by atoms with Crippen molar-refractivity contribution < 1.29 is 17.6 Å². The normalized spacial score (nSPS) is 11.5. The van der Waals surface area contributed by atoms with Crippen molar-refractivity contribution in [2.24, 2.45) is 0 Å². The van der Waals surface area contributed by atoms with Crippen LogP contribution in [0.4, 0.5) is 29.1 Å². The molecule has 2 rings (SSSR count). The van der Waals surface area contributed by atoms with Crippen LogP contribution in [0.25, 0.3) is 0 Å². The maximum atomic E-state index is 13.6. The van der Waals surface area contributed by atoms with Crippen molar-refractivity contribution in [1.29, 1.82) is 0 Å². The van der Waals surface area contributed by atoms with E-state index in [1.54, 1.807) is 0 Å². The third-order valence-electron chi connectivity index (χ3n) is 2.34. The molecule has 106 valence electrons. The Labute approximate surface area is 121 Å². The first-order valence-electron chi connectivity index (χ1n) is 5.23. The van der Waals surface area contributed by atoms with E-state index in [0.29, 0.717) is 6.07 Å². The molecule has 0 bridgehead atoms. The molecule has 20 heavy (non-hydrogen) atoms. The summed E-state index contributed by atoms with van der Waals surface area (Å²) < 4.78 is 51.5. The van der Waals surface area contributed by atoms with E-state index in [1.807, 2.05) is 0 Å². The summed E-state index contributed by atoms with van der Waals surface area (Å²) in [5, 5.41) is 1.90. The predicted molar refractivity (Wildman–Crippen MR) is 68.9 cm³/mol. The second-order valence-electron chi connectivity index (χ2n) is 3.79. The van der Waals surface area contributed by atoms with Crippen LogP contribution in [-0.2, 0) is 6.18 Å². The number of halogens is 6. The summed E-state index contributed by atoms with van der Waals surface area (Å²) in [4.78, 5) is 3.66. The van der Waals surface area contributed by atoms with Gasteiger partial charge in [-0.05, 0) is 24.3 Å². The zero-order valence-corrected chi connectivity index (χ0v) is 11.1. The van der Waals surface area contributed by atoms with Crippen LogP contribution < -0.4 is 5.32 Å². The molecule has 0 saturated carbocycles. The summed E-state index contributed by atoms with van der Waals surface area (Å²) in [6, 6.07) is 5.49. The van der Waals surface area contributed by atoms with E-state index in [9.17, 15) is 17.6 Å². The minimum absolute atomic E-state index is 0.0969. The SMILES string of the molecule is Fc1c(Cl)cccc1Nc1cc(C(F)(F)F)cc(Cl)n1. The molecule has 0 fully saturated rings. The number of hydrogen-bond acceptors (Lipinski definition) is 2. The molecule has 0 spiro atoms. The molecule has 0 amide bonds. The number of aromatic nitrogens is 1. The first kappa shape index (κ1) is 14.9. The fourth-order valence-corrected chi connectivity index (χ4v) is 1.85. The van der Waals surface area contributed by atoms with Crippen LogP contribution in [0.3, 0.4) is 0 Å². The molecule has 0 aliphatic heterocycles. The molecule has 0 unspecified atom stereocenters. The molecular weight excluding hydrogens is 319 g/mol. The Kier molecular flexibility index (Phi) is 4.06. The topological polar surface area (TPSA) is 24.9 Å². The monoisotopic (exact) mass is 324 g/mol. The summed E-state index contributed by atoms with van der Waals surface area (Å²) in [7, 11) is 0. The molecule has 0 aliphatic rings. The highest BCUT2D eigenvalue weighted by molar-refractivity contribution is 6.31. The first-order valence-corrected chi connectivity index (χ1v) is 5.99. The van der Waals surface area contributed by atoms with E-state index in [1.165, 1.54) is 18.2 Å². The zero-order chi connectivity index (χ0) is 14.9. The Morgan fingerprint density at radius 1 is 1.10 bits per heavy atom. The van der Waals surface area contributed by atoms with E-state index in [0.717, 1.165) is 6.07 Å². The summed E-state index contributed by atoms with van der Waals surface area (Å²) in [6.07, 6.45) is -4.57. The fraction of sp³-hybridized carbons (Fsp3) is 0.0833. The Morgan fingerprint density at radius 3 is 2.45 bits per heavy atom. The zero-order valence-electron chi connectivity index (χ0n) is 9.60. The molecule has 2 nitrogen and oxygen atoms in total. The van der Waals surface area contributed by atoms with Crippen molar-refractivity contribution in [3.8, 4) is 0 Å². The van der Waals surface area contributed by atoms with Crippen LogP contribution in [-0.4, -0.2) is 4.98 Å². The van der Waals surface area contributed by atoms with Gasteiger partial charge in [0.2, 0.25) is 0 Å². The largest absolute Gasteiger partial charge is 0.416 e. The van der Waals surface area contributed by atoms with E-state index >= 15 is 0 Å². The van der Waals surface area contributed by atoms with Crippen molar-refractivity contribution in [3.63, 3.8) is 0 Å². The summed E-state index contributed by atoms with van der Waals surface area (Å²) in [6.45, 7) is 0. The van der Waals surface area contributed by atoms with Gasteiger partial charge in [-0.3, -0.25) is 0 Å². The average Bonchev–Trinajstić information content (AvgIpc) is 2.33. The number of alkyl halides is 3. The van der Waals surface area contributed by atoms with Gasteiger partial charge in [0, 0.05) is 0 Å². The Bertz CT molecular complexity index is 644. The van der Waals surface area contributed by atoms with Crippen LogP contribution in [0, 0.1) is 5.82 Å². The highest BCUT2D eigenvalue weighted by Gasteiger charge is 2.31. The van der Waals surface area contributed by atoms with Crippen LogP contribution >= 0.6 is 23.2 Å². The van der Waals surface area contributed by atoms with Crippen LogP contribution in [0.15, 0.2) is 30.3 Å². The van der Waals surface area contributed by atoms with Crippen LogP contribution in [0.5, 0.6) is 0 Å². The van der Waals surface area contributed by atoms with Crippen molar-refractivity contribution in [1.82, 2.24) is 4.98 Å². The summed E-state index contributed by atoms with van der Waals surface area (Å²) in [5.41, 5.74) is -1.08. The Morgan fingerprint density at radius 2 is 1.80 bits per heavy atom. The molecule has 1 aromatic heterocycles. The summed E-state index contributed by atoms with van der Waals surface area (Å²) >= 11 is 11.1. The lowest BCUT2D eigenvalue weighted by atomic mass is 10.2. The molecular formula is C12H6Cl2F4N2. The minimum atomic E-state index is -4.57. The quantitative estimate of drug-likeness (QED) is 0.599. The lowest BCUT2D eigenvalue weighted by molar-refractivity contribution is -0.137. The minimum Gasteiger partial charge on any atom is -0.338 e. The van der Waals surface area contributed by atoms with Crippen LogP contribution in [0.1, 0.15) is 5.56 Å². The van der Waals surface area contributed by atoms with E-state index < -0.39 is 17.6 Å². The third kappa shape index (κ3) is 3.32. The van der Waals surface area contributed by atoms with Gasteiger partial charge in [0.15, 0.2) is 5.82 Å². The second kappa shape index (κ2) is 5.46. The van der Waals surface area contributed by atoms with Gasteiger partial charge in [0.1, 0.15) is 11.0 Å². The van der Waals surface area contributed by atoms with Gasteiger partial charge in [0.05, 0.1) is 16.3 Å². The molecule has 2 aromatic rings. The maximum absolute atomic E-state index is 13.6. The molecule has 1 N–H and O–H groups in total. The fourth-order valence-electron chi connectivity index (χ4n) is 1.46. The smallest absolute Gasteiger partial charge is 0.338 e. The van der Waals surface area contributed by atoms with Gasteiger partial charge in [0.25, 0.3) is 0 Å². The van der Waals surface area contributed by atoms with E-state index in [2.05, 4.69) is 10.3 Å². The number of rotatable bonds is 2. The standard InChI is InChI=1S/C12H6Cl2F4N2/c13-7-2-1-3-8(11(7)15)19-10-5-6(12(16,17)18)4-9(14)20-10/h1-5H,(H,19,20). The van der Waals surface area contributed by atoms with Gasteiger partial charge in [-0.15, -0.1) is 0 Å². The lowest BCUT2D eigenvalue weighted by Crippen LogP contribution is -2.07. The van der Waals surface area contributed by atoms with Gasteiger partial charge >= 0.3 is 6.18 Å². The number of nitrogens with zero attached hydrogens (tertiary/aromatic N) is 1. The lowest BCUT2D eigenvalue weighted by Gasteiger charge is -2.11. The Hall–Kier alpha value is -1.53. The number of hydrogen-bond donors (Lipinski definition) is 1. The van der Waals surface area contributed by atoms with Crippen molar-refractivity contribution in [3.05, 3.63) is 51.9 Å². The molecule has 8 heteroatoms. The molecule has 1 aromatic carbocycles. The van der Waals surface area contributed by atoms with Gasteiger partial charge < -0.3 is 5.32 Å². The predicted octanol–water partition coefficient (Wildman–Crippen LogP) is 5.29. The highest BCUT2D eigenvalue weighted by atomic mass is 35.5. The third-order valence-corrected chi connectivity index (χ3v) is 2.82. The second-order valence-corrected chi connectivity index (χ2v) is 4.58. The van der Waals surface area contributed by atoms with Crippen molar-refractivity contribution in [2.75, 3.05) is 5.32 Å². The molecule has 0 saturated heterocycles. The van der Waals surface area contributed by atoms with E-state index in [4.69, 9.17) is 23.2 Å². The maximum Gasteiger partial charge on any atom is 0.416 e. The number of pyridine rings is 1. The molecule has 0 aliphatic carbocycles. The van der Waals surface area contributed by atoms with Gasteiger partial charge in [-0.2, -0.15) is 13.2 Å². The van der Waals surface area contributed by atoms with Gasteiger partial charge in [-0.1, -0.05) is 29.3 Å². The number of anilines is 2. The van der Waals surface area contributed by atoms with Gasteiger partial charge in [-0.25, -0.2) is 9.37 Å². The van der Waals surface area contributed by atoms with Crippen molar-refractivity contribution in [2.45, 2.75) is 6.18 Å². The molecule has 0 radical (unpaired) electrons. The first-order chi connectivity index (χ1) is 9.27.